The Labute approximate surface area is 214 Å². The van der Waals surface area contributed by atoms with Crippen molar-refractivity contribution in [1.29, 1.82) is 0 Å². The van der Waals surface area contributed by atoms with E-state index in [-0.39, 0.29) is 23.9 Å². The fourth-order valence-corrected chi connectivity index (χ4v) is 4.35. The second kappa shape index (κ2) is 12.0. The molecule has 1 N–H and O–H groups in total. The molecule has 3 heterocycles. The third kappa shape index (κ3) is 6.59. The summed E-state index contributed by atoms with van der Waals surface area (Å²) in [5, 5.41) is 3.46. The number of nitrogens with one attached hydrogen (secondary N) is 1. The van der Waals surface area contributed by atoms with Gasteiger partial charge in [0, 0.05) is 38.3 Å². The van der Waals surface area contributed by atoms with Crippen LogP contribution in [0.3, 0.4) is 0 Å². The number of hydrogen-bond acceptors (Lipinski definition) is 7. The minimum atomic E-state index is -0.155. The molecule has 0 saturated heterocycles. The first-order valence-electron chi connectivity index (χ1n) is 13.0. The highest BCUT2D eigenvalue weighted by Gasteiger charge is 2.21. The first kappa shape index (κ1) is 25.6. The van der Waals surface area contributed by atoms with Crippen LogP contribution in [0.5, 0.6) is 0 Å². The molecule has 7 heteroatoms. The molecule has 2 aromatic heterocycles. The SMILES string of the molecule is CC(C)C(=O)OC(CCNc1cc(N2CCc3ccccc3CC2)nc(-c2ccccn2)n1)C(C)C. The highest BCUT2D eigenvalue weighted by Crippen LogP contribution is 2.25. The molecular formula is C29H37N5O2. The van der Waals surface area contributed by atoms with Gasteiger partial charge in [-0.3, -0.25) is 9.78 Å². The molecule has 1 aliphatic heterocycles. The van der Waals surface area contributed by atoms with Gasteiger partial charge in [-0.2, -0.15) is 0 Å². The number of benzene rings is 1. The number of nitrogens with zero attached hydrogens (tertiary/aromatic N) is 4. The first-order valence-corrected chi connectivity index (χ1v) is 13.0. The van der Waals surface area contributed by atoms with Crippen molar-refractivity contribution < 1.29 is 9.53 Å². The standard InChI is InChI=1S/C29H37N5O2/c1-20(2)25(36-29(35)21(3)4)12-16-31-26-19-27(33-28(32-26)24-11-7-8-15-30-24)34-17-13-22-9-5-6-10-23(22)14-18-34/h5-11,15,19-21,25H,12-14,16-18H2,1-4H3,(H,31,32,33). The van der Waals surface area contributed by atoms with Crippen molar-refractivity contribution in [3.63, 3.8) is 0 Å². The van der Waals surface area contributed by atoms with E-state index < -0.39 is 0 Å². The summed E-state index contributed by atoms with van der Waals surface area (Å²) in [6.07, 6.45) is 4.29. The van der Waals surface area contributed by atoms with E-state index in [1.807, 2.05) is 38.1 Å². The van der Waals surface area contributed by atoms with Crippen LogP contribution in [0.2, 0.25) is 0 Å². The summed E-state index contributed by atoms with van der Waals surface area (Å²) < 4.78 is 5.74. The van der Waals surface area contributed by atoms with Crippen LogP contribution in [0.25, 0.3) is 11.5 Å². The van der Waals surface area contributed by atoms with Crippen molar-refractivity contribution in [2.45, 2.75) is 53.1 Å². The minimum Gasteiger partial charge on any atom is -0.462 e. The first-order chi connectivity index (χ1) is 17.4. The normalized spacial score (nSPS) is 14.3. The molecule has 0 aliphatic carbocycles. The molecule has 0 saturated carbocycles. The van der Waals surface area contributed by atoms with E-state index in [1.165, 1.54) is 11.1 Å². The van der Waals surface area contributed by atoms with Crippen LogP contribution in [0.15, 0.2) is 54.7 Å². The summed E-state index contributed by atoms with van der Waals surface area (Å²) in [5.74, 6) is 2.19. The van der Waals surface area contributed by atoms with Gasteiger partial charge in [-0.1, -0.05) is 58.0 Å². The van der Waals surface area contributed by atoms with Crippen LogP contribution < -0.4 is 10.2 Å². The second-order valence-electron chi connectivity index (χ2n) is 10.00. The predicted octanol–water partition coefficient (Wildman–Crippen LogP) is 5.17. The van der Waals surface area contributed by atoms with Gasteiger partial charge in [-0.15, -0.1) is 0 Å². The maximum atomic E-state index is 12.1. The van der Waals surface area contributed by atoms with Crippen LogP contribution in [0.1, 0.15) is 45.2 Å². The van der Waals surface area contributed by atoms with Crippen LogP contribution >= 0.6 is 0 Å². The maximum Gasteiger partial charge on any atom is 0.308 e. The molecule has 1 aliphatic rings. The third-order valence-corrected chi connectivity index (χ3v) is 6.57. The minimum absolute atomic E-state index is 0.135. The molecule has 4 rings (SSSR count). The van der Waals surface area contributed by atoms with Gasteiger partial charge in [0.1, 0.15) is 23.4 Å². The van der Waals surface area contributed by atoms with E-state index in [2.05, 4.69) is 53.3 Å². The molecule has 1 unspecified atom stereocenters. The van der Waals surface area contributed by atoms with Gasteiger partial charge in [-0.25, -0.2) is 9.97 Å². The van der Waals surface area contributed by atoms with Crippen molar-refractivity contribution >= 4 is 17.6 Å². The topological polar surface area (TPSA) is 80.2 Å². The van der Waals surface area contributed by atoms with E-state index in [9.17, 15) is 4.79 Å². The fourth-order valence-electron chi connectivity index (χ4n) is 4.35. The molecule has 0 spiro atoms. The molecule has 36 heavy (non-hydrogen) atoms. The maximum absolute atomic E-state index is 12.1. The van der Waals surface area contributed by atoms with Gasteiger partial charge < -0.3 is 15.0 Å². The molecule has 0 amide bonds. The Kier molecular flexibility index (Phi) is 8.52. The van der Waals surface area contributed by atoms with Crippen molar-refractivity contribution in [3.8, 4) is 11.5 Å². The lowest BCUT2D eigenvalue weighted by Gasteiger charge is -2.24. The van der Waals surface area contributed by atoms with E-state index in [4.69, 9.17) is 14.7 Å². The second-order valence-corrected chi connectivity index (χ2v) is 10.00. The molecule has 1 aromatic carbocycles. The zero-order chi connectivity index (χ0) is 25.5. The number of aromatic nitrogens is 3. The Morgan fingerprint density at radius 1 is 1.00 bits per heavy atom. The van der Waals surface area contributed by atoms with E-state index in [0.717, 1.165) is 43.3 Å². The fraction of sp³-hybridized carbons (Fsp3) is 0.448. The number of carbonyl (C=O) groups is 1. The molecule has 0 fully saturated rings. The highest BCUT2D eigenvalue weighted by molar-refractivity contribution is 5.71. The number of hydrogen-bond donors (Lipinski definition) is 1. The largest absolute Gasteiger partial charge is 0.462 e. The quantitative estimate of drug-likeness (QED) is 0.417. The Morgan fingerprint density at radius 3 is 2.31 bits per heavy atom. The lowest BCUT2D eigenvalue weighted by Crippen LogP contribution is -2.29. The number of fused-ring (bicyclic) bond motifs is 1. The van der Waals surface area contributed by atoms with Crippen LogP contribution in [-0.4, -0.2) is 46.7 Å². The number of esters is 1. The van der Waals surface area contributed by atoms with Crippen molar-refractivity contribution in [3.05, 3.63) is 65.9 Å². The average molecular weight is 488 g/mol. The average Bonchev–Trinajstić information content (AvgIpc) is 3.11. The summed E-state index contributed by atoms with van der Waals surface area (Å²) in [6, 6.07) is 16.5. The van der Waals surface area contributed by atoms with Crippen molar-refractivity contribution in [1.82, 2.24) is 15.0 Å². The summed E-state index contributed by atoms with van der Waals surface area (Å²) >= 11 is 0. The third-order valence-electron chi connectivity index (χ3n) is 6.57. The molecule has 0 bridgehead atoms. The van der Waals surface area contributed by atoms with E-state index >= 15 is 0 Å². The Hall–Kier alpha value is -3.48. The molecule has 1 atom stereocenters. The lowest BCUT2D eigenvalue weighted by atomic mass is 10.0. The summed E-state index contributed by atoms with van der Waals surface area (Å²) in [4.78, 5) is 28.6. The van der Waals surface area contributed by atoms with Gasteiger partial charge in [0.05, 0.1) is 5.92 Å². The summed E-state index contributed by atoms with van der Waals surface area (Å²) in [5.41, 5.74) is 3.56. The lowest BCUT2D eigenvalue weighted by molar-refractivity contribution is -0.155. The number of ether oxygens (including phenoxy) is 1. The molecular weight excluding hydrogens is 450 g/mol. The van der Waals surface area contributed by atoms with Gasteiger partial charge in [0.15, 0.2) is 5.82 Å². The number of pyridine rings is 1. The molecule has 0 radical (unpaired) electrons. The number of rotatable bonds is 9. The zero-order valence-corrected chi connectivity index (χ0v) is 21.8. The van der Waals surface area contributed by atoms with Gasteiger partial charge in [0.2, 0.25) is 0 Å². The number of anilines is 2. The number of carbonyl (C=O) groups excluding carboxylic acids is 1. The van der Waals surface area contributed by atoms with E-state index in [0.29, 0.717) is 18.8 Å². The zero-order valence-electron chi connectivity index (χ0n) is 21.8. The van der Waals surface area contributed by atoms with Gasteiger partial charge in [0.25, 0.3) is 0 Å². The molecule has 190 valence electrons. The van der Waals surface area contributed by atoms with E-state index in [1.54, 1.807) is 6.20 Å². The Balaban J connectivity index is 1.52. The summed E-state index contributed by atoms with van der Waals surface area (Å²) in [6.45, 7) is 10.3. The van der Waals surface area contributed by atoms with Crippen molar-refractivity contribution in [2.75, 3.05) is 29.9 Å². The van der Waals surface area contributed by atoms with Crippen LogP contribution in [-0.2, 0) is 22.4 Å². The van der Waals surface area contributed by atoms with Gasteiger partial charge in [-0.05, 0) is 42.0 Å². The summed E-state index contributed by atoms with van der Waals surface area (Å²) in [7, 11) is 0. The monoisotopic (exact) mass is 487 g/mol. The smallest absolute Gasteiger partial charge is 0.308 e. The van der Waals surface area contributed by atoms with Crippen molar-refractivity contribution in [2.24, 2.45) is 11.8 Å². The highest BCUT2D eigenvalue weighted by atomic mass is 16.5. The molecule has 7 nitrogen and oxygen atoms in total. The van der Waals surface area contributed by atoms with Gasteiger partial charge >= 0.3 is 5.97 Å². The molecule has 3 aromatic rings. The Morgan fingerprint density at radius 2 is 1.69 bits per heavy atom. The van der Waals surface area contributed by atoms with Crippen LogP contribution in [0.4, 0.5) is 11.6 Å². The predicted molar refractivity (Wildman–Crippen MR) is 144 cm³/mol. The Bertz CT molecular complexity index is 1120. The van der Waals surface area contributed by atoms with Crippen LogP contribution in [0, 0.1) is 11.8 Å².